The van der Waals surface area contributed by atoms with Crippen LogP contribution in [0.2, 0.25) is 5.02 Å². The highest BCUT2D eigenvalue weighted by Gasteiger charge is 2.34. The number of anilines is 1. The molecule has 1 saturated carbocycles. The van der Waals surface area contributed by atoms with Gasteiger partial charge < -0.3 is 10.0 Å². The number of aliphatic hydroxyl groups excluding tert-OH is 1. The second-order valence-corrected chi connectivity index (χ2v) is 5.28. The van der Waals surface area contributed by atoms with E-state index in [0.717, 1.165) is 12.8 Å². The zero-order valence-electron chi connectivity index (χ0n) is 10.3. The molecular formula is C13H15ClF3NO. The summed E-state index contributed by atoms with van der Waals surface area (Å²) in [7, 11) is 0. The molecule has 0 atom stereocenters. The second-order valence-electron chi connectivity index (χ2n) is 4.87. The van der Waals surface area contributed by atoms with Crippen LogP contribution in [-0.4, -0.2) is 24.4 Å². The standard InChI is InChI=1S/C13H15ClF3NO/c14-12-5-11(4-3-10(12)7-19)18(6-9-1-2-9)8-13(15,16)17/h3-5,9,19H,1-2,6-8H2. The maximum absolute atomic E-state index is 12.6. The molecule has 1 aromatic rings. The van der Waals surface area contributed by atoms with Crippen LogP contribution in [0.5, 0.6) is 0 Å². The third kappa shape index (κ3) is 4.28. The number of aliphatic hydroxyl groups is 1. The fraction of sp³-hybridized carbons (Fsp3) is 0.538. The number of benzene rings is 1. The van der Waals surface area contributed by atoms with Crippen LogP contribution in [0.25, 0.3) is 0 Å². The molecule has 0 spiro atoms. The average Bonchev–Trinajstić information content (AvgIpc) is 3.10. The van der Waals surface area contributed by atoms with Gasteiger partial charge in [-0.3, -0.25) is 0 Å². The summed E-state index contributed by atoms with van der Waals surface area (Å²) in [4.78, 5) is 1.31. The zero-order valence-corrected chi connectivity index (χ0v) is 11.0. The lowest BCUT2D eigenvalue weighted by molar-refractivity contribution is -0.119. The molecule has 2 nitrogen and oxygen atoms in total. The zero-order chi connectivity index (χ0) is 14.0. The van der Waals surface area contributed by atoms with Gasteiger partial charge in [0.2, 0.25) is 0 Å². The van der Waals surface area contributed by atoms with Crippen molar-refractivity contribution >= 4 is 17.3 Å². The topological polar surface area (TPSA) is 23.5 Å². The summed E-state index contributed by atoms with van der Waals surface area (Å²) in [6.45, 7) is -0.798. The third-order valence-electron chi connectivity index (χ3n) is 3.12. The van der Waals surface area contributed by atoms with Crippen LogP contribution in [0.3, 0.4) is 0 Å². The van der Waals surface area contributed by atoms with Gasteiger partial charge in [-0.1, -0.05) is 17.7 Å². The number of rotatable bonds is 5. The van der Waals surface area contributed by atoms with Crippen LogP contribution >= 0.6 is 11.6 Å². The Kier molecular flexibility index (Phi) is 4.26. The maximum atomic E-state index is 12.6. The Morgan fingerprint density at radius 2 is 2.00 bits per heavy atom. The number of nitrogens with zero attached hydrogens (tertiary/aromatic N) is 1. The van der Waals surface area contributed by atoms with Gasteiger partial charge in [-0.2, -0.15) is 13.2 Å². The molecule has 0 amide bonds. The molecule has 106 valence electrons. The van der Waals surface area contributed by atoms with Crippen LogP contribution in [0.1, 0.15) is 18.4 Å². The van der Waals surface area contributed by atoms with E-state index in [4.69, 9.17) is 16.7 Å². The van der Waals surface area contributed by atoms with Crippen molar-refractivity contribution in [2.24, 2.45) is 5.92 Å². The van der Waals surface area contributed by atoms with Crippen LogP contribution in [0, 0.1) is 5.92 Å². The highest BCUT2D eigenvalue weighted by molar-refractivity contribution is 6.31. The number of hydrogen-bond acceptors (Lipinski definition) is 2. The number of alkyl halides is 3. The minimum atomic E-state index is -4.24. The van der Waals surface area contributed by atoms with Crippen molar-refractivity contribution in [2.45, 2.75) is 25.6 Å². The van der Waals surface area contributed by atoms with E-state index in [1.54, 1.807) is 12.1 Å². The molecule has 0 saturated heterocycles. The van der Waals surface area contributed by atoms with Crippen LogP contribution in [0.4, 0.5) is 18.9 Å². The third-order valence-corrected chi connectivity index (χ3v) is 3.47. The van der Waals surface area contributed by atoms with Gasteiger partial charge in [0, 0.05) is 17.3 Å². The van der Waals surface area contributed by atoms with E-state index in [1.165, 1.54) is 11.0 Å². The molecule has 19 heavy (non-hydrogen) atoms. The minimum absolute atomic E-state index is 0.221. The molecule has 1 N–H and O–H groups in total. The first-order valence-corrected chi connectivity index (χ1v) is 6.48. The lowest BCUT2D eigenvalue weighted by atomic mass is 10.2. The predicted molar refractivity (Wildman–Crippen MR) is 68.4 cm³/mol. The van der Waals surface area contributed by atoms with Crippen molar-refractivity contribution in [3.63, 3.8) is 0 Å². The molecule has 1 fully saturated rings. The summed E-state index contributed by atoms with van der Waals surface area (Å²) in [6, 6.07) is 4.63. The normalized spacial score (nSPS) is 15.6. The molecule has 6 heteroatoms. The number of hydrogen-bond donors (Lipinski definition) is 1. The fourth-order valence-electron chi connectivity index (χ4n) is 1.95. The van der Waals surface area contributed by atoms with Crippen molar-refractivity contribution < 1.29 is 18.3 Å². The molecule has 0 bridgehead atoms. The first kappa shape index (κ1) is 14.5. The van der Waals surface area contributed by atoms with Crippen molar-refractivity contribution in [1.29, 1.82) is 0 Å². The highest BCUT2D eigenvalue weighted by atomic mass is 35.5. The fourth-order valence-corrected chi connectivity index (χ4v) is 2.19. The first-order chi connectivity index (χ1) is 8.89. The Bertz CT molecular complexity index is 446. The van der Waals surface area contributed by atoms with E-state index in [1.807, 2.05) is 0 Å². The van der Waals surface area contributed by atoms with E-state index >= 15 is 0 Å². The monoisotopic (exact) mass is 293 g/mol. The Morgan fingerprint density at radius 3 is 2.47 bits per heavy atom. The summed E-state index contributed by atoms with van der Waals surface area (Å²) in [5.41, 5.74) is 0.968. The lowest BCUT2D eigenvalue weighted by Crippen LogP contribution is -2.35. The molecule has 2 rings (SSSR count). The quantitative estimate of drug-likeness (QED) is 0.896. The molecular weight excluding hydrogens is 279 g/mol. The molecule has 1 aliphatic rings. The molecule has 0 heterocycles. The van der Waals surface area contributed by atoms with E-state index in [0.29, 0.717) is 28.7 Å². The van der Waals surface area contributed by atoms with Crippen molar-refractivity contribution in [3.8, 4) is 0 Å². The Morgan fingerprint density at radius 1 is 1.32 bits per heavy atom. The van der Waals surface area contributed by atoms with E-state index < -0.39 is 12.7 Å². The SMILES string of the molecule is OCc1ccc(N(CC2CC2)CC(F)(F)F)cc1Cl. The van der Waals surface area contributed by atoms with Gasteiger partial charge in [-0.25, -0.2) is 0 Å². The molecule has 1 aliphatic carbocycles. The summed E-state index contributed by atoms with van der Waals surface area (Å²) < 4.78 is 37.8. The van der Waals surface area contributed by atoms with Crippen molar-refractivity contribution in [2.75, 3.05) is 18.0 Å². The minimum Gasteiger partial charge on any atom is -0.392 e. The van der Waals surface area contributed by atoms with Gasteiger partial charge in [0.25, 0.3) is 0 Å². The lowest BCUT2D eigenvalue weighted by Gasteiger charge is -2.26. The van der Waals surface area contributed by atoms with Gasteiger partial charge in [0.15, 0.2) is 0 Å². The molecule has 0 aromatic heterocycles. The summed E-state index contributed by atoms with van der Waals surface area (Å²) in [5, 5.41) is 9.31. The Labute approximate surface area is 114 Å². The second kappa shape index (κ2) is 5.59. The Balaban J connectivity index is 2.18. The van der Waals surface area contributed by atoms with Gasteiger partial charge in [0.05, 0.1) is 6.61 Å². The van der Waals surface area contributed by atoms with E-state index in [9.17, 15) is 13.2 Å². The van der Waals surface area contributed by atoms with E-state index in [2.05, 4.69) is 0 Å². The van der Waals surface area contributed by atoms with Gasteiger partial charge >= 0.3 is 6.18 Å². The largest absolute Gasteiger partial charge is 0.405 e. The maximum Gasteiger partial charge on any atom is 0.405 e. The Hall–Kier alpha value is -0.940. The highest BCUT2D eigenvalue weighted by Crippen LogP contribution is 2.34. The summed E-state index contributed by atoms with van der Waals surface area (Å²) in [6.07, 6.45) is -2.27. The number of halogens is 4. The van der Waals surface area contributed by atoms with Crippen LogP contribution in [-0.2, 0) is 6.61 Å². The molecule has 0 radical (unpaired) electrons. The molecule has 0 unspecified atom stereocenters. The molecule has 0 aliphatic heterocycles. The van der Waals surface area contributed by atoms with Crippen LogP contribution in [0.15, 0.2) is 18.2 Å². The van der Waals surface area contributed by atoms with Crippen molar-refractivity contribution in [3.05, 3.63) is 28.8 Å². The summed E-state index contributed by atoms with van der Waals surface area (Å²) >= 11 is 5.93. The first-order valence-electron chi connectivity index (χ1n) is 6.10. The predicted octanol–water partition coefficient (Wildman–Crippen LogP) is 3.61. The summed E-state index contributed by atoms with van der Waals surface area (Å²) in [5.74, 6) is 0.346. The average molecular weight is 294 g/mol. The van der Waals surface area contributed by atoms with Crippen LogP contribution < -0.4 is 4.90 Å². The van der Waals surface area contributed by atoms with Gasteiger partial charge in [-0.05, 0) is 36.5 Å². The van der Waals surface area contributed by atoms with E-state index in [-0.39, 0.29) is 6.61 Å². The smallest absolute Gasteiger partial charge is 0.392 e. The van der Waals surface area contributed by atoms with Gasteiger partial charge in [-0.15, -0.1) is 0 Å². The van der Waals surface area contributed by atoms with Crippen molar-refractivity contribution in [1.82, 2.24) is 0 Å². The van der Waals surface area contributed by atoms with Gasteiger partial charge in [0.1, 0.15) is 6.54 Å². The molecule has 1 aromatic carbocycles.